The molecule has 2 aromatic rings. The van der Waals surface area contributed by atoms with Gasteiger partial charge in [-0.15, -0.1) is 0 Å². The molecule has 0 heterocycles. The van der Waals surface area contributed by atoms with Crippen molar-refractivity contribution < 1.29 is 4.39 Å². The molecular weight excluding hydrogens is 319 g/mol. The van der Waals surface area contributed by atoms with E-state index in [4.69, 9.17) is 5.26 Å². The fourth-order valence-electron chi connectivity index (χ4n) is 1.98. The molecule has 2 nitrogen and oxygen atoms in total. The second-order valence-electron chi connectivity index (χ2n) is 4.57. The van der Waals surface area contributed by atoms with Crippen molar-refractivity contribution >= 4 is 21.6 Å². The first-order chi connectivity index (χ1) is 9.61. The lowest BCUT2D eigenvalue weighted by Crippen LogP contribution is -2.07. The van der Waals surface area contributed by atoms with Crippen LogP contribution in [0.25, 0.3) is 0 Å². The van der Waals surface area contributed by atoms with Gasteiger partial charge >= 0.3 is 0 Å². The molecule has 0 spiro atoms. The molecule has 0 saturated carbocycles. The molecule has 20 heavy (non-hydrogen) atoms. The molecule has 0 aliphatic heterocycles. The molecule has 0 amide bonds. The predicted octanol–water partition coefficient (Wildman–Crippen LogP) is 4.42. The summed E-state index contributed by atoms with van der Waals surface area (Å²) in [6.45, 7) is 2.69. The third-order valence-electron chi connectivity index (χ3n) is 3.01. The highest BCUT2D eigenvalue weighted by Crippen LogP contribution is 2.26. The molecule has 0 radical (unpaired) electrons. The number of aryl methyl sites for hydroxylation is 1. The molecule has 0 aliphatic rings. The van der Waals surface area contributed by atoms with Crippen molar-refractivity contribution in [2.24, 2.45) is 0 Å². The summed E-state index contributed by atoms with van der Waals surface area (Å²) in [6.07, 6.45) is 0.818. The molecule has 0 fully saturated rings. The zero-order valence-corrected chi connectivity index (χ0v) is 12.7. The van der Waals surface area contributed by atoms with Crippen LogP contribution in [0.3, 0.4) is 0 Å². The first kappa shape index (κ1) is 14.5. The van der Waals surface area contributed by atoms with Crippen LogP contribution in [-0.2, 0) is 6.42 Å². The Hall–Kier alpha value is -1.86. The predicted molar refractivity (Wildman–Crippen MR) is 82.2 cm³/mol. The average Bonchev–Trinajstić information content (AvgIpc) is 2.44. The van der Waals surface area contributed by atoms with Crippen molar-refractivity contribution in [3.63, 3.8) is 0 Å². The number of anilines is 1. The van der Waals surface area contributed by atoms with Gasteiger partial charge in [-0.05, 0) is 47.0 Å². The van der Waals surface area contributed by atoms with Crippen LogP contribution in [0.15, 0.2) is 40.9 Å². The van der Waals surface area contributed by atoms with E-state index in [0.717, 1.165) is 6.42 Å². The van der Waals surface area contributed by atoms with Gasteiger partial charge in [-0.3, -0.25) is 0 Å². The number of halogens is 2. The second kappa shape index (κ2) is 6.53. The van der Waals surface area contributed by atoms with E-state index in [-0.39, 0.29) is 4.47 Å². The van der Waals surface area contributed by atoms with Crippen LogP contribution in [0, 0.1) is 24.1 Å². The van der Waals surface area contributed by atoms with E-state index in [9.17, 15) is 4.39 Å². The summed E-state index contributed by atoms with van der Waals surface area (Å²) in [5, 5.41) is 11.9. The number of nitriles is 1. The highest BCUT2D eigenvalue weighted by molar-refractivity contribution is 9.10. The largest absolute Gasteiger partial charge is 0.382 e. The van der Waals surface area contributed by atoms with Crippen molar-refractivity contribution in [1.82, 2.24) is 0 Å². The van der Waals surface area contributed by atoms with Gasteiger partial charge < -0.3 is 5.32 Å². The van der Waals surface area contributed by atoms with Crippen LogP contribution in [0.5, 0.6) is 0 Å². The Kier molecular flexibility index (Phi) is 4.75. The Labute approximate surface area is 126 Å². The van der Waals surface area contributed by atoms with Crippen LogP contribution in [0.2, 0.25) is 0 Å². The van der Waals surface area contributed by atoms with E-state index in [1.807, 2.05) is 25.1 Å². The topological polar surface area (TPSA) is 35.8 Å². The highest BCUT2D eigenvalue weighted by atomic mass is 79.9. The third kappa shape index (κ3) is 3.37. The van der Waals surface area contributed by atoms with Crippen molar-refractivity contribution in [2.45, 2.75) is 13.3 Å². The molecule has 0 unspecified atom stereocenters. The second-order valence-corrected chi connectivity index (χ2v) is 5.36. The Balaban J connectivity index is 2.02. The summed E-state index contributed by atoms with van der Waals surface area (Å²) in [5.41, 5.74) is 3.13. The zero-order chi connectivity index (χ0) is 14.5. The van der Waals surface area contributed by atoms with E-state index in [1.165, 1.54) is 11.1 Å². The smallest absolute Gasteiger partial charge is 0.161 e. The van der Waals surface area contributed by atoms with Crippen LogP contribution >= 0.6 is 15.9 Å². The molecule has 0 bridgehead atoms. The monoisotopic (exact) mass is 332 g/mol. The quantitative estimate of drug-likeness (QED) is 0.899. The fourth-order valence-corrected chi connectivity index (χ4v) is 2.42. The first-order valence-corrected chi connectivity index (χ1v) is 7.08. The van der Waals surface area contributed by atoms with Gasteiger partial charge in [-0.1, -0.05) is 29.8 Å². The molecule has 4 heteroatoms. The van der Waals surface area contributed by atoms with Gasteiger partial charge in [-0.2, -0.15) is 5.26 Å². The number of hydrogen-bond acceptors (Lipinski definition) is 2. The lowest BCUT2D eigenvalue weighted by molar-refractivity contribution is 0.623. The van der Waals surface area contributed by atoms with E-state index < -0.39 is 5.82 Å². The van der Waals surface area contributed by atoms with Crippen LogP contribution < -0.4 is 5.32 Å². The summed E-state index contributed by atoms with van der Waals surface area (Å²) < 4.78 is 14.2. The van der Waals surface area contributed by atoms with Crippen molar-refractivity contribution in [2.75, 3.05) is 11.9 Å². The van der Waals surface area contributed by atoms with Gasteiger partial charge in [0.1, 0.15) is 6.07 Å². The highest BCUT2D eigenvalue weighted by Gasteiger charge is 2.10. The molecule has 0 aliphatic carbocycles. The molecule has 1 N–H and O–H groups in total. The molecule has 102 valence electrons. The average molecular weight is 333 g/mol. The SMILES string of the molecule is Cc1cccc(CCNc2ccc(C#N)c(Br)c2F)c1. The number of nitrogens with zero attached hydrogens (tertiary/aromatic N) is 1. The summed E-state index contributed by atoms with van der Waals surface area (Å²) in [6, 6.07) is 13.4. The molecular formula is C16H14BrFN2. The fraction of sp³-hybridized carbons (Fsp3) is 0.188. The van der Waals surface area contributed by atoms with Crippen LogP contribution in [0.1, 0.15) is 16.7 Å². The maximum atomic E-state index is 14.0. The van der Waals surface area contributed by atoms with Crippen molar-refractivity contribution in [3.8, 4) is 6.07 Å². The molecule has 2 aromatic carbocycles. The van der Waals surface area contributed by atoms with Crippen molar-refractivity contribution in [3.05, 3.63) is 63.4 Å². The lowest BCUT2D eigenvalue weighted by atomic mass is 10.1. The summed E-state index contributed by atoms with van der Waals surface area (Å²) in [5.74, 6) is -0.423. The Morgan fingerprint density at radius 2 is 2.10 bits per heavy atom. The van der Waals surface area contributed by atoms with Gasteiger partial charge in [-0.25, -0.2) is 4.39 Å². The lowest BCUT2D eigenvalue weighted by Gasteiger charge is -2.09. The minimum absolute atomic E-state index is 0.209. The van der Waals surface area contributed by atoms with E-state index in [0.29, 0.717) is 17.8 Å². The van der Waals surface area contributed by atoms with Gasteiger partial charge in [0.2, 0.25) is 0 Å². The van der Waals surface area contributed by atoms with E-state index in [1.54, 1.807) is 12.1 Å². The summed E-state index contributed by atoms with van der Waals surface area (Å²) >= 11 is 3.10. The maximum Gasteiger partial charge on any atom is 0.161 e. The Morgan fingerprint density at radius 3 is 2.80 bits per heavy atom. The molecule has 2 rings (SSSR count). The first-order valence-electron chi connectivity index (χ1n) is 6.29. The Bertz CT molecular complexity index is 662. The van der Waals surface area contributed by atoms with Gasteiger partial charge in [0.05, 0.1) is 15.7 Å². The maximum absolute atomic E-state index is 14.0. The number of rotatable bonds is 4. The molecule has 0 saturated heterocycles. The van der Waals surface area contributed by atoms with Gasteiger partial charge in [0, 0.05) is 6.54 Å². The van der Waals surface area contributed by atoms with Crippen LogP contribution in [0.4, 0.5) is 10.1 Å². The van der Waals surface area contributed by atoms with Crippen LogP contribution in [-0.4, -0.2) is 6.54 Å². The number of nitrogens with one attached hydrogen (secondary N) is 1. The molecule has 0 aromatic heterocycles. The minimum atomic E-state index is -0.423. The standard InChI is InChI=1S/C16H14BrFN2/c1-11-3-2-4-12(9-11)7-8-20-14-6-5-13(10-19)15(17)16(14)18/h2-6,9,20H,7-8H2,1H3. The van der Waals surface area contributed by atoms with E-state index >= 15 is 0 Å². The summed E-state index contributed by atoms with van der Waals surface area (Å²) in [7, 11) is 0. The molecule has 0 atom stereocenters. The number of hydrogen-bond donors (Lipinski definition) is 1. The zero-order valence-electron chi connectivity index (χ0n) is 11.1. The van der Waals surface area contributed by atoms with Gasteiger partial charge in [0.25, 0.3) is 0 Å². The Morgan fingerprint density at radius 1 is 1.30 bits per heavy atom. The number of benzene rings is 2. The van der Waals surface area contributed by atoms with E-state index in [2.05, 4.69) is 33.4 Å². The van der Waals surface area contributed by atoms with Crippen molar-refractivity contribution in [1.29, 1.82) is 5.26 Å². The minimum Gasteiger partial charge on any atom is -0.382 e. The van der Waals surface area contributed by atoms with Gasteiger partial charge in [0.15, 0.2) is 5.82 Å². The summed E-state index contributed by atoms with van der Waals surface area (Å²) in [4.78, 5) is 0. The third-order valence-corrected chi connectivity index (χ3v) is 3.79. The normalized spacial score (nSPS) is 10.1.